The van der Waals surface area contributed by atoms with Crippen LogP contribution in [0.15, 0.2) is 37.0 Å². The molecular weight excluding hydrogens is 186 g/mol. The highest BCUT2D eigenvalue weighted by Gasteiger charge is 2.08. The van der Waals surface area contributed by atoms with Crippen molar-refractivity contribution in [3.05, 3.63) is 37.0 Å². The smallest absolute Gasteiger partial charge is 0.0584 e. The minimum atomic E-state index is 0.166. The van der Waals surface area contributed by atoms with Gasteiger partial charge in [-0.1, -0.05) is 45.2 Å². The predicted octanol–water partition coefficient (Wildman–Crippen LogP) is 2.28. The van der Waals surface area contributed by atoms with E-state index in [9.17, 15) is 0 Å². The fourth-order valence-electron chi connectivity index (χ4n) is 1.33. The van der Waals surface area contributed by atoms with Crippen molar-refractivity contribution in [3.8, 4) is 0 Å². The van der Waals surface area contributed by atoms with Crippen LogP contribution in [-0.2, 0) is 0 Å². The molecule has 0 radical (unpaired) electrons. The summed E-state index contributed by atoms with van der Waals surface area (Å²) >= 11 is 0. The van der Waals surface area contributed by atoms with Gasteiger partial charge in [-0.05, 0) is 17.9 Å². The number of rotatable bonds is 8. The Morgan fingerprint density at radius 1 is 1.47 bits per heavy atom. The average Bonchev–Trinajstić information content (AvgIpc) is 2.20. The molecule has 2 heteroatoms. The Hall–Kier alpha value is -0.860. The fraction of sp³-hybridized carbons (Fsp3) is 0.538. The van der Waals surface area contributed by atoms with E-state index in [1.54, 1.807) is 6.08 Å². The summed E-state index contributed by atoms with van der Waals surface area (Å²) in [7, 11) is 0. The Morgan fingerprint density at radius 2 is 2.13 bits per heavy atom. The summed E-state index contributed by atoms with van der Waals surface area (Å²) in [5.74, 6) is 0.589. The standard InChI is InChI=1S/C13H23NO/c1-5-6-7-12(4)9-14-13(10-15)8-11(2)3/h5-7,11,13-15H,1,4,8-10H2,2-3H3/b7-6-/t13-/m1/s1. The normalized spacial score (nSPS) is 13.3. The van der Waals surface area contributed by atoms with Crippen molar-refractivity contribution >= 4 is 0 Å². The largest absolute Gasteiger partial charge is 0.395 e. The molecule has 0 aliphatic rings. The molecule has 0 amide bonds. The first-order valence-corrected chi connectivity index (χ1v) is 5.41. The Bertz CT molecular complexity index is 219. The summed E-state index contributed by atoms with van der Waals surface area (Å²) < 4.78 is 0. The molecule has 0 spiro atoms. The van der Waals surface area contributed by atoms with Crippen LogP contribution < -0.4 is 5.32 Å². The van der Waals surface area contributed by atoms with Gasteiger partial charge in [-0.25, -0.2) is 0 Å². The minimum Gasteiger partial charge on any atom is -0.395 e. The van der Waals surface area contributed by atoms with Gasteiger partial charge in [0.1, 0.15) is 0 Å². The van der Waals surface area contributed by atoms with Gasteiger partial charge in [0.25, 0.3) is 0 Å². The van der Waals surface area contributed by atoms with E-state index in [-0.39, 0.29) is 12.6 Å². The Morgan fingerprint density at radius 3 is 2.60 bits per heavy atom. The highest BCUT2D eigenvalue weighted by Crippen LogP contribution is 2.04. The van der Waals surface area contributed by atoms with Crippen molar-refractivity contribution in [2.75, 3.05) is 13.2 Å². The lowest BCUT2D eigenvalue weighted by molar-refractivity contribution is 0.227. The molecule has 1 atom stereocenters. The molecule has 0 aliphatic carbocycles. The monoisotopic (exact) mass is 209 g/mol. The molecule has 0 aromatic carbocycles. The zero-order valence-electron chi connectivity index (χ0n) is 9.87. The molecule has 0 saturated carbocycles. The first-order valence-electron chi connectivity index (χ1n) is 5.41. The third-order valence-corrected chi connectivity index (χ3v) is 2.06. The van der Waals surface area contributed by atoms with E-state index in [4.69, 9.17) is 5.11 Å². The van der Waals surface area contributed by atoms with Gasteiger partial charge >= 0.3 is 0 Å². The zero-order valence-corrected chi connectivity index (χ0v) is 9.87. The summed E-state index contributed by atoms with van der Waals surface area (Å²) in [6.45, 7) is 12.7. The highest BCUT2D eigenvalue weighted by atomic mass is 16.3. The molecular formula is C13H23NO. The summed E-state index contributed by atoms with van der Waals surface area (Å²) in [4.78, 5) is 0. The van der Waals surface area contributed by atoms with Crippen molar-refractivity contribution < 1.29 is 5.11 Å². The maximum absolute atomic E-state index is 9.14. The van der Waals surface area contributed by atoms with E-state index in [0.717, 1.165) is 12.0 Å². The molecule has 0 aromatic rings. The SMILES string of the molecule is C=C/C=C\C(=C)CN[C@@H](CO)CC(C)C. The van der Waals surface area contributed by atoms with Gasteiger partial charge in [-0.3, -0.25) is 0 Å². The summed E-state index contributed by atoms with van der Waals surface area (Å²) in [5, 5.41) is 12.4. The summed E-state index contributed by atoms with van der Waals surface area (Å²) in [5.41, 5.74) is 0.997. The number of aliphatic hydroxyl groups is 1. The number of aliphatic hydroxyl groups excluding tert-OH is 1. The van der Waals surface area contributed by atoms with Gasteiger partial charge in [0.2, 0.25) is 0 Å². The molecule has 0 aliphatic heterocycles. The lowest BCUT2D eigenvalue weighted by Gasteiger charge is -2.18. The van der Waals surface area contributed by atoms with Gasteiger partial charge in [-0.2, -0.15) is 0 Å². The van der Waals surface area contributed by atoms with E-state index in [1.807, 2.05) is 12.2 Å². The third kappa shape index (κ3) is 8.16. The molecule has 0 unspecified atom stereocenters. The summed E-state index contributed by atoms with van der Waals surface area (Å²) in [6, 6.07) is 0.166. The molecule has 0 bridgehead atoms. The average molecular weight is 209 g/mol. The molecule has 86 valence electrons. The van der Waals surface area contributed by atoms with E-state index < -0.39 is 0 Å². The quantitative estimate of drug-likeness (QED) is 0.601. The van der Waals surface area contributed by atoms with Crippen LogP contribution in [0, 0.1) is 5.92 Å². The molecule has 2 nitrogen and oxygen atoms in total. The van der Waals surface area contributed by atoms with Crippen LogP contribution in [0.4, 0.5) is 0 Å². The van der Waals surface area contributed by atoms with E-state index in [2.05, 4.69) is 32.3 Å². The van der Waals surface area contributed by atoms with Crippen molar-refractivity contribution in [2.24, 2.45) is 5.92 Å². The third-order valence-electron chi connectivity index (χ3n) is 2.06. The topological polar surface area (TPSA) is 32.3 Å². The van der Waals surface area contributed by atoms with Crippen LogP contribution in [-0.4, -0.2) is 24.3 Å². The molecule has 15 heavy (non-hydrogen) atoms. The fourth-order valence-corrected chi connectivity index (χ4v) is 1.33. The van der Waals surface area contributed by atoms with Crippen LogP contribution in [0.25, 0.3) is 0 Å². The molecule has 0 saturated heterocycles. The van der Waals surface area contributed by atoms with Crippen molar-refractivity contribution in [1.82, 2.24) is 5.32 Å². The first kappa shape index (κ1) is 14.1. The van der Waals surface area contributed by atoms with Crippen LogP contribution >= 0.6 is 0 Å². The van der Waals surface area contributed by atoms with E-state index >= 15 is 0 Å². The number of hydrogen-bond donors (Lipinski definition) is 2. The van der Waals surface area contributed by atoms with Crippen LogP contribution in [0.2, 0.25) is 0 Å². The lowest BCUT2D eigenvalue weighted by Crippen LogP contribution is -2.34. The van der Waals surface area contributed by atoms with Gasteiger partial charge in [0.15, 0.2) is 0 Å². The molecule has 2 N–H and O–H groups in total. The second-order valence-electron chi connectivity index (χ2n) is 4.14. The second kappa shape index (κ2) is 8.45. The number of nitrogens with one attached hydrogen (secondary N) is 1. The Kier molecular flexibility index (Phi) is 7.96. The second-order valence-corrected chi connectivity index (χ2v) is 4.14. The minimum absolute atomic E-state index is 0.166. The van der Waals surface area contributed by atoms with Gasteiger partial charge < -0.3 is 10.4 Å². The van der Waals surface area contributed by atoms with E-state index in [0.29, 0.717) is 12.5 Å². The maximum atomic E-state index is 9.14. The van der Waals surface area contributed by atoms with Crippen molar-refractivity contribution in [2.45, 2.75) is 26.3 Å². The Balaban J connectivity index is 3.84. The lowest BCUT2D eigenvalue weighted by atomic mass is 10.0. The Labute approximate surface area is 93.4 Å². The summed E-state index contributed by atoms with van der Waals surface area (Å²) in [6.07, 6.45) is 6.49. The maximum Gasteiger partial charge on any atom is 0.0584 e. The van der Waals surface area contributed by atoms with Crippen LogP contribution in [0.5, 0.6) is 0 Å². The highest BCUT2D eigenvalue weighted by molar-refractivity contribution is 5.19. The van der Waals surface area contributed by atoms with Gasteiger partial charge in [0.05, 0.1) is 6.61 Å². The number of allylic oxidation sites excluding steroid dienone is 2. The molecule has 0 fully saturated rings. The number of hydrogen-bond acceptors (Lipinski definition) is 2. The van der Waals surface area contributed by atoms with Crippen molar-refractivity contribution in [1.29, 1.82) is 0 Å². The first-order chi connectivity index (χ1) is 7.10. The van der Waals surface area contributed by atoms with Gasteiger partial charge in [-0.15, -0.1) is 0 Å². The molecule has 0 rings (SSSR count). The van der Waals surface area contributed by atoms with Gasteiger partial charge in [0, 0.05) is 12.6 Å². The van der Waals surface area contributed by atoms with Crippen molar-refractivity contribution in [3.63, 3.8) is 0 Å². The van der Waals surface area contributed by atoms with Crippen LogP contribution in [0.1, 0.15) is 20.3 Å². The molecule has 0 aromatic heterocycles. The van der Waals surface area contributed by atoms with Crippen LogP contribution in [0.3, 0.4) is 0 Å². The molecule has 0 heterocycles. The zero-order chi connectivity index (χ0) is 11.7. The van der Waals surface area contributed by atoms with E-state index in [1.165, 1.54) is 0 Å². The predicted molar refractivity (Wildman–Crippen MR) is 66.8 cm³/mol.